The van der Waals surface area contributed by atoms with Crippen molar-refractivity contribution in [2.24, 2.45) is 5.73 Å². The van der Waals surface area contributed by atoms with Crippen LogP contribution in [0.5, 0.6) is 0 Å². The molecule has 0 aliphatic heterocycles. The van der Waals surface area contributed by atoms with Crippen LogP contribution < -0.4 is 11.2 Å². The highest BCUT2D eigenvalue weighted by molar-refractivity contribution is 6.32. The smallest absolute Gasteiger partial charge is 0.194 e. The Balaban J connectivity index is 0.000000396. The van der Waals surface area contributed by atoms with E-state index in [1.165, 1.54) is 0 Å². The molecule has 0 atom stereocenters. The van der Waals surface area contributed by atoms with Gasteiger partial charge >= 0.3 is 0 Å². The summed E-state index contributed by atoms with van der Waals surface area (Å²) < 4.78 is 50.1. The van der Waals surface area contributed by atoms with Crippen molar-refractivity contribution in [1.29, 1.82) is 0 Å². The molecule has 0 aliphatic carbocycles. The highest BCUT2D eigenvalue weighted by Crippen LogP contribution is 2.15. The van der Waals surface area contributed by atoms with Crippen LogP contribution in [0.15, 0.2) is 0 Å². The first-order valence-electron chi connectivity index (χ1n) is 5.34. The third-order valence-electron chi connectivity index (χ3n) is 2.46. The molecule has 4 nitrogen and oxygen atoms in total. The van der Waals surface area contributed by atoms with Crippen molar-refractivity contribution in [1.82, 2.24) is 0 Å². The number of rotatable bonds is 3. The molecule has 0 fully saturated rings. The summed E-state index contributed by atoms with van der Waals surface area (Å²) in [6.07, 6.45) is 0. The molecule has 112 valence electrons. The number of benzene rings is 1. The van der Waals surface area contributed by atoms with Crippen LogP contribution in [0.1, 0.15) is 5.56 Å². The summed E-state index contributed by atoms with van der Waals surface area (Å²) in [4.78, 5) is 0. The van der Waals surface area contributed by atoms with Crippen molar-refractivity contribution in [3.05, 3.63) is 28.8 Å². The Labute approximate surface area is 114 Å². The van der Waals surface area contributed by atoms with E-state index in [4.69, 9.17) is 28.9 Å². The van der Waals surface area contributed by atoms with E-state index >= 15 is 0 Å². The van der Waals surface area contributed by atoms with E-state index in [1.807, 2.05) is 0 Å². The van der Waals surface area contributed by atoms with Crippen LogP contribution in [-0.4, -0.2) is 48.5 Å². The van der Waals surface area contributed by atoms with Crippen molar-refractivity contribution in [3.63, 3.8) is 0 Å². The number of halogens is 4. The Morgan fingerprint density at radius 2 is 1.30 bits per heavy atom. The first-order chi connectivity index (χ1) is 9.15. The highest BCUT2D eigenvalue weighted by atomic mass is 19.2. The minimum atomic E-state index is -1.74. The molecule has 0 amide bonds. The highest BCUT2D eigenvalue weighted by Gasteiger charge is 2.21. The summed E-state index contributed by atoms with van der Waals surface area (Å²) in [5.74, 6) is -6.23. The van der Waals surface area contributed by atoms with Gasteiger partial charge in [-0.05, 0) is 12.4 Å². The fourth-order valence-corrected chi connectivity index (χ4v) is 0.924. The van der Waals surface area contributed by atoms with E-state index < -0.39 is 59.7 Å². The summed E-state index contributed by atoms with van der Waals surface area (Å²) in [6.45, 7) is -0.233. The molecule has 0 bridgehead atoms. The summed E-state index contributed by atoms with van der Waals surface area (Å²) in [5, 5.41) is 25.0. The lowest BCUT2D eigenvalue weighted by molar-refractivity contribution is 0.0698. The van der Waals surface area contributed by atoms with Gasteiger partial charge in [-0.3, -0.25) is 0 Å². The lowest BCUT2D eigenvalue weighted by atomic mass is 9.92. The molecular formula is C11H14BF4NO3. The van der Waals surface area contributed by atoms with Crippen molar-refractivity contribution in [3.8, 4) is 0 Å². The minimum absolute atomic E-state index is 0.403. The number of hydrogen-bond donors (Lipinski definition) is 4. The predicted octanol–water partition coefficient (Wildman–Crippen LogP) is -0.994. The van der Waals surface area contributed by atoms with Gasteiger partial charge in [-0.25, -0.2) is 17.6 Å². The lowest BCUT2D eigenvalue weighted by Crippen LogP contribution is -2.50. The zero-order chi connectivity index (χ0) is 16.1. The van der Waals surface area contributed by atoms with Gasteiger partial charge in [-0.2, -0.15) is 0 Å². The van der Waals surface area contributed by atoms with Gasteiger partial charge in [0.2, 0.25) is 0 Å². The molecule has 0 aliphatic rings. The van der Waals surface area contributed by atoms with Crippen LogP contribution in [0.2, 0.25) is 0 Å². The van der Waals surface area contributed by atoms with E-state index in [-0.39, 0.29) is 0 Å². The average molecular weight is 295 g/mol. The molecule has 0 unspecified atom stereocenters. The molecule has 0 saturated carbocycles. The van der Waals surface area contributed by atoms with Crippen molar-refractivity contribution in [2.45, 2.75) is 12.5 Å². The molecule has 0 saturated heterocycles. The van der Waals surface area contributed by atoms with Crippen LogP contribution in [0.25, 0.3) is 0 Å². The molecular weight excluding hydrogens is 281 g/mol. The Kier molecular flexibility index (Phi) is 7.14. The number of hydrogen-bond acceptors (Lipinski definition) is 4. The van der Waals surface area contributed by atoms with Gasteiger partial charge in [0.1, 0.15) is 13.7 Å². The van der Waals surface area contributed by atoms with Crippen LogP contribution in [0.4, 0.5) is 17.6 Å². The summed E-state index contributed by atoms with van der Waals surface area (Å²) in [7, 11) is 4.80. The molecule has 0 heterocycles. The quantitative estimate of drug-likeness (QED) is 0.249. The molecule has 1 rings (SSSR count). The Morgan fingerprint density at radius 1 is 0.900 bits per heavy atom. The van der Waals surface area contributed by atoms with Crippen LogP contribution in [0, 0.1) is 30.2 Å². The van der Waals surface area contributed by atoms with Gasteiger partial charge < -0.3 is 21.1 Å². The number of aliphatic hydroxyl groups is 3. The monoisotopic (exact) mass is 295 g/mol. The molecule has 2 radical (unpaired) electrons. The molecule has 1 aromatic rings. The van der Waals surface area contributed by atoms with Gasteiger partial charge in [0.15, 0.2) is 17.5 Å². The fourth-order valence-electron chi connectivity index (χ4n) is 0.924. The Morgan fingerprint density at radius 3 is 1.60 bits per heavy atom. The Hall–Kier alpha value is -1.16. The topological polar surface area (TPSA) is 86.7 Å². The summed E-state index contributed by atoms with van der Waals surface area (Å²) in [6, 6.07) is 0. The standard InChI is InChI=1S/C7H3BF4.C4H11NO3/c1-2-4(9)3(8)6(11)7(12)5(2)10;5-4(1-6,2-7)3-8/h1H3;6-8H,1-3,5H2. The second-order valence-electron chi connectivity index (χ2n) is 4.13. The lowest BCUT2D eigenvalue weighted by Gasteiger charge is -2.20. The van der Waals surface area contributed by atoms with E-state index in [9.17, 15) is 17.6 Å². The van der Waals surface area contributed by atoms with E-state index in [0.717, 1.165) is 6.92 Å². The van der Waals surface area contributed by atoms with Gasteiger partial charge in [0, 0.05) is 5.56 Å². The fraction of sp³-hybridized carbons (Fsp3) is 0.455. The summed E-state index contributed by atoms with van der Waals surface area (Å²) in [5.41, 5.74) is 2.32. The van der Waals surface area contributed by atoms with Crippen LogP contribution in [0.3, 0.4) is 0 Å². The van der Waals surface area contributed by atoms with Crippen LogP contribution >= 0.6 is 0 Å². The maximum atomic E-state index is 12.7. The maximum absolute atomic E-state index is 12.7. The molecule has 1 aromatic carbocycles. The predicted molar refractivity (Wildman–Crippen MR) is 64.6 cm³/mol. The molecule has 5 N–H and O–H groups in total. The van der Waals surface area contributed by atoms with E-state index in [0.29, 0.717) is 0 Å². The number of aliphatic hydroxyl groups excluding tert-OH is 3. The molecule has 0 aromatic heterocycles. The maximum Gasteiger partial charge on any atom is 0.194 e. The minimum Gasteiger partial charge on any atom is -0.394 e. The second kappa shape index (κ2) is 7.58. The molecule has 9 heteroatoms. The van der Waals surface area contributed by atoms with E-state index in [1.54, 1.807) is 0 Å². The first-order valence-corrected chi connectivity index (χ1v) is 5.34. The first kappa shape index (κ1) is 18.8. The largest absolute Gasteiger partial charge is 0.394 e. The average Bonchev–Trinajstić information content (AvgIpc) is 2.48. The third kappa shape index (κ3) is 4.17. The molecule has 20 heavy (non-hydrogen) atoms. The second-order valence-corrected chi connectivity index (χ2v) is 4.13. The zero-order valence-electron chi connectivity index (χ0n) is 10.6. The van der Waals surface area contributed by atoms with Crippen molar-refractivity contribution < 1.29 is 32.9 Å². The van der Waals surface area contributed by atoms with Crippen molar-refractivity contribution >= 4 is 13.3 Å². The van der Waals surface area contributed by atoms with Gasteiger partial charge in [-0.15, -0.1) is 0 Å². The van der Waals surface area contributed by atoms with E-state index in [2.05, 4.69) is 0 Å². The van der Waals surface area contributed by atoms with Crippen LogP contribution in [-0.2, 0) is 0 Å². The Bertz CT molecular complexity index is 356. The van der Waals surface area contributed by atoms with Gasteiger partial charge in [0.25, 0.3) is 0 Å². The van der Waals surface area contributed by atoms with Gasteiger partial charge in [-0.1, -0.05) is 0 Å². The number of nitrogens with two attached hydrogens (primary N) is 1. The third-order valence-corrected chi connectivity index (χ3v) is 2.46. The molecule has 0 spiro atoms. The van der Waals surface area contributed by atoms with Crippen molar-refractivity contribution in [2.75, 3.05) is 19.8 Å². The zero-order valence-corrected chi connectivity index (χ0v) is 10.6. The summed E-state index contributed by atoms with van der Waals surface area (Å²) >= 11 is 0. The van der Waals surface area contributed by atoms with Gasteiger partial charge in [0.05, 0.1) is 25.4 Å². The normalized spacial score (nSPS) is 11.1. The SMILES string of the molecule is NC(CO)(CO)CO.[B]c1c(F)c(C)c(F)c(F)c1F.